The molecule has 1 aliphatic rings. The monoisotopic (exact) mass is 401 g/mol. The fraction of sp³-hybridized carbons (Fsp3) is 0.176. The summed E-state index contributed by atoms with van der Waals surface area (Å²) in [6.45, 7) is 0.429. The van der Waals surface area contributed by atoms with Crippen LogP contribution in [0.25, 0.3) is 0 Å². The van der Waals surface area contributed by atoms with Gasteiger partial charge in [0.2, 0.25) is 0 Å². The first-order valence-corrected chi connectivity index (χ1v) is 8.32. The molecule has 7 nitrogen and oxygen atoms in total. The SMILES string of the molecule is CN(C)/C=N/NC(=O)c1cccc(N2Cc3ccc(Br)cc3C2=O)n1. The lowest BCUT2D eigenvalue weighted by Crippen LogP contribution is -2.26. The highest BCUT2D eigenvalue weighted by Gasteiger charge is 2.29. The Morgan fingerprint density at radius 2 is 2.16 bits per heavy atom. The first-order valence-electron chi connectivity index (χ1n) is 7.53. The molecule has 0 saturated heterocycles. The molecule has 0 aliphatic carbocycles. The van der Waals surface area contributed by atoms with Crippen LogP contribution in [0.1, 0.15) is 26.4 Å². The van der Waals surface area contributed by atoms with Crippen molar-refractivity contribution >= 4 is 39.9 Å². The van der Waals surface area contributed by atoms with Gasteiger partial charge in [-0.05, 0) is 29.8 Å². The van der Waals surface area contributed by atoms with E-state index in [0.29, 0.717) is 17.9 Å². The van der Waals surface area contributed by atoms with Crippen LogP contribution in [-0.4, -0.2) is 42.1 Å². The minimum Gasteiger partial charge on any atom is -0.367 e. The van der Waals surface area contributed by atoms with Crippen molar-refractivity contribution in [1.29, 1.82) is 0 Å². The molecule has 2 heterocycles. The predicted octanol–water partition coefficient (Wildman–Crippen LogP) is 2.24. The van der Waals surface area contributed by atoms with Gasteiger partial charge in [-0.25, -0.2) is 10.4 Å². The summed E-state index contributed by atoms with van der Waals surface area (Å²) in [6.07, 6.45) is 1.47. The van der Waals surface area contributed by atoms with E-state index in [1.807, 2.05) is 12.1 Å². The van der Waals surface area contributed by atoms with Gasteiger partial charge in [-0.2, -0.15) is 5.10 Å². The van der Waals surface area contributed by atoms with E-state index in [9.17, 15) is 9.59 Å². The standard InChI is InChI=1S/C17H16BrN5O2/c1-22(2)10-19-21-16(24)14-4-3-5-15(20-14)23-9-11-6-7-12(18)8-13(11)17(23)25/h3-8,10H,9H2,1-2H3,(H,21,24)/b19-10+. The summed E-state index contributed by atoms with van der Waals surface area (Å²) < 4.78 is 0.848. The Bertz CT molecular complexity index is 866. The number of pyridine rings is 1. The number of amides is 2. The zero-order valence-corrected chi connectivity index (χ0v) is 15.3. The van der Waals surface area contributed by atoms with Crippen LogP contribution in [0.4, 0.5) is 5.82 Å². The van der Waals surface area contributed by atoms with Crippen molar-refractivity contribution in [1.82, 2.24) is 15.3 Å². The Morgan fingerprint density at radius 1 is 1.36 bits per heavy atom. The number of hydrogen-bond acceptors (Lipinski definition) is 4. The molecule has 2 aromatic rings. The molecule has 0 atom stereocenters. The summed E-state index contributed by atoms with van der Waals surface area (Å²) in [4.78, 5) is 32.3. The highest BCUT2D eigenvalue weighted by Crippen LogP contribution is 2.29. The number of fused-ring (bicyclic) bond motifs is 1. The third-order valence-electron chi connectivity index (χ3n) is 3.57. The zero-order valence-electron chi connectivity index (χ0n) is 13.7. The van der Waals surface area contributed by atoms with Gasteiger partial charge < -0.3 is 4.90 Å². The Kier molecular flexibility index (Phi) is 4.80. The van der Waals surface area contributed by atoms with E-state index in [2.05, 4.69) is 31.4 Å². The molecule has 0 bridgehead atoms. The first-order chi connectivity index (χ1) is 12.0. The molecule has 0 fully saturated rings. The van der Waals surface area contributed by atoms with Crippen LogP contribution in [0.2, 0.25) is 0 Å². The predicted molar refractivity (Wildman–Crippen MR) is 98.5 cm³/mol. The maximum absolute atomic E-state index is 12.6. The third kappa shape index (κ3) is 3.69. The van der Waals surface area contributed by atoms with E-state index in [1.165, 1.54) is 6.34 Å². The molecule has 2 amide bonds. The highest BCUT2D eigenvalue weighted by atomic mass is 79.9. The van der Waals surface area contributed by atoms with Crippen LogP contribution in [0.5, 0.6) is 0 Å². The number of hydrogen-bond donors (Lipinski definition) is 1. The smallest absolute Gasteiger partial charge is 0.290 e. The lowest BCUT2D eigenvalue weighted by molar-refractivity contribution is 0.0946. The van der Waals surface area contributed by atoms with Crippen molar-refractivity contribution < 1.29 is 9.59 Å². The number of carbonyl (C=O) groups is 2. The molecule has 1 aromatic carbocycles. The molecule has 8 heteroatoms. The Balaban J connectivity index is 1.81. The van der Waals surface area contributed by atoms with Crippen LogP contribution in [0, 0.1) is 0 Å². The molecular weight excluding hydrogens is 386 g/mol. The average Bonchev–Trinajstić information content (AvgIpc) is 2.91. The maximum atomic E-state index is 12.6. The number of aromatic nitrogens is 1. The van der Waals surface area contributed by atoms with Crippen molar-refractivity contribution in [2.45, 2.75) is 6.54 Å². The van der Waals surface area contributed by atoms with Gasteiger partial charge in [-0.1, -0.05) is 28.1 Å². The summed E-state index contributed by atoms with van der Waals surface area (Å²) in [5.74, 6) is -0.139. The van der Waals surface area contributed by atoms with Crippen molar-refractivity contribution in [2.75, 3.05) is 19.0 Å². The minimum absolute atomic E-state index is 0.132. The number of nitrogens with one attached hydrogen (secondary N) is 1. The lowest BCUT2D eigenvalue weighted by Gasteiger charge is -2.15. The second kappa shape index (κ2) is 7.02. The minimum atomic E-state index is -0.438. The fourth-order valence-electron chi connectivity index (χ4n) is 2.42. The maximum Gasteiger partial charge on any atom is 0.290 e. The van der Waals surface area contributed by atoms with Gasteiger partial charge in [-0.3, -0.25) is 14.5 Å². The molecule has 0 radical (unpaired) electrons. The Labute approximate surface area is 153 Å². The normalized spacial score (nSPS) is 13.2. The zero-order chi connectivity index (χ0) is 18.0. The van der Waals surface area contributed by atoms with Crippen molar-refractivity contribution in [2.24, 2.45) is 5.10 Å². The van der Waals surface area contributed by atoms with Gasteiger partial charge in [0.1, 0.15) is 17.9 Å². The van der Waals surface area contributed by atoms with Crippen LogP contribution in [-0.2, 0) is 6.54 Å². The van der Waals surface area contributed by atoms with E-state index in [-0.39, 0.29) is 11.6 Å². The van der Waals surface area contributed by atoms with Crippen molar-refractivity contribution in [3.05, 3.63) is 57.7 Å². The second-order valence-corrected chi connectivity index (χ2v) is 6.64. The molecule has 1 aliphatic heterocycles. The summed E-state index contributed by atoms with van der Waals surface area (Å²) in [6, 6.07) is 10.6. The molecule has 0 spiro atoms. The summed E-state index contributed by atoms with van der Waals surface area (Å²) >= 11 is 3.38. The van der Waals surface area contributed by atoms with E-state index >= 15 is 0 Å². The summed E-state index contributed by atoms with van der Waals surface area (Å²) in [7, 11) is 3.59. The largest absolute Gasteiger partial charge is 0.367 e. The molecular formula is C17H16BrN5O2. The number of hydrazone groups is 1. The molecule has 1 N–H and O–H groups in total. The lowest BCUT2D eigenvalue weighted by atomic mass is 10.1. The average molecular weight is 402 g/mol. The highest BCUT2D eigenvalue weighted by molar-refractivity contribution is 9.10. The van der Waals surface area contributed by atoms with E-state index in [0.717, 1.165) is 10.0 Å². The molecule has 0 unspecified atom stereocenters. The van der Waals surface area contributed by atoms with Gasteiger partial charge in [0.15, 0.2) is 0 Å². The van der Waals surface area contributed by atoms with Crippen LogP contribution in [0.15, 0.2) is 46.0 Å². The van der Waals surface area contributed by atoms with Crippen molar-refractivity contribution in [3.8, 4) is 0 Å². The van der Waals surface area contributed by atoms with Gasteiger partial charge in [0, 0.05) is 24.1 Å². The number of benzene rings is 1. The quantitative estimate of drug-likeness (QED) is 0.484. The molecule has 0 saturated carbocycles. The number of halogens is 1. The van der Waals surface area contributed by atoms with Crippen LogP contribution >= 0.6 is 15.9 Å². The molecule has 128 valence electrons. The van der Waals surface area contributed by atoms with E-state index in [1.54, 1.807) is 48.2 Å². The summed E-state index contributed by atoms with van der Waals surface area (Å²) in [5, 5.41) is 3.81. The number of rotatable bonds is 4. The topological polar surface area (TPSA) is 77.9 Å². The van der Waals surface area contributed by atoms with Gasteiger partial charge in [-0.15, -0.1) is 0 Å². The van der Waals surface area contributed by atoms with Crippen LogP contribution < -0.4 is 10.3 Å². The van der Waals surface area contributed by atoms with E-state index < -0.39 is 5.91 Å². The van der Waals surface area contributed by atoms with Gasteiger partial charge in [0.05, 0.1) is 6.54 Å². The Morgan fingerprint density at radius 3 is 2.92 bits per heavy atom. The third-order valence-corrected chi connectivity index (χ3v) is 4.07. The molecule has 25 heavy (non-hydrogen) atoms. The van der Waals surface area contributed by atoms with Gasteiger partial charge >= 0.3 is 0 Å². The summed E-state index contributed by atoms with van der Waals surface area (Å²) in [5.41, 5.74) is 4.16. The molecule has 3 rings (SSSR count). The van der Waals surface area contributed by atoms with Gasteiger partial charge in [0.25, 0.3) is 11.8 Å². The fourth-order valence-corrected chi connectivity index (χ4v) is 2.78. The first kappa shape index (κ1) is 17.1. The number of anilines is 1. The second-order valence-electron chi connectivity index (χ2n) is 5.72. The number of carbonyl (C=O) groups excluding carboxylic acids is 2. The molecule has 1 aromatic heterocycles. The van der Waals surface area contributed by atoms with Crippen molar-refractivity contribution in [3.63, 3.8) is 0 Å². The van der Waals surface area contributed by atoms with Crippen LogP contribution in [0.3, 0.4) is 0 Å². The van der Waals surface area contributed by atoms with E-state index in [4.69, 9.17) is 0 Å². The number of nitrogens with zero attached hydrogens (tertiary/aromatic N) is 4. The Hall–Kier alpha value is -2.74.